The minimum absolute atomic E-state index is 0.332. The number of aliphatic hydroxyl groups is 1. The number of rotatable bonds is 4. The highest BCUT2D eigenvalue weighted by Crippen LogP contribution is 2.43. The molecular formula is C10H14N5O9P. The Hall–Kier alpha value is -2.09. The van der Waals surface area contributed by atoms with Gasteiger partial charge in [0.15, 0.2) is 5.96 Å². The number of amides is 4. The van der Waals surface area contributed by atoms with Gasteiger partial charge in [-0.05, 0) is 0 Å². The van der Waals surface area contributed by atoms with Crippen molar-refractivity contribution in [3.63, 3.8) is 0 Å². The molecule has 0 saturated carbocycles. The molecule has 0 aromatic rings. The van der Waals surface area contributed by atoms with Gasteiger partial charge in [0.2, 0.25) is 0 Å². The van der Waals surface area contributed by atoms with Crippen LogP contribution in [0.5, 0.6) is 0 Å². The van der Waals surface area contributed by atoms with Gasteiger partial charge in [0, 0.05) is 6.42 Å². The summed E-state index contributed by atoms with van der Waals surface area (Å²) in [5.41, 5.74) is 3.07. The predicted molar refractivity (Wildman–Crippen MR) is 75.2 cm³/mol. The smallest absolute Gasteiger partial charge is 0.394 e. The van der Waals surface area contributed by atoms with E-state index in [1.165, 1.54) is 0 Å². The SMILES string of the molecule is NC1=NC2(C(=O)N1)C(=[18O])NC(=O)N2[C@H]1C[C@H](OP(=O)(O)O)[C@@H](CO)O1. The number of phosphoric ester groups is 1. The van der Waals surface area contributed by atoms with Crippen molar-refractivity contribution in [3.05, 3.63) is 0 Å². The Bertz CT molecular complexity index is 722. The van der Waals surface area contributed by atoms with Gasteiger partial charge in [0.1, 0.15) is 18.4 Å². The zero-order chi connectivity index (χ0) is 18.6. The maximum atomic E-state index is 12.2. The quantitative estimate of drug-likeness (QED) is 0.121. The Morgan fingerprint density at radius 1 is 1.48 bits per heavy atom. The average molecular weight is 381 g/mol. The van der Waals surface area contributed by atoms with Gasteiger partial charge in [-0.15, -0.1) is 0 Å². The number of carbonyl (C=O) groups excluding carboxylic acids is 3. The Morgan fingerprint density at radius 2 is 2.16 bits per heavy atom. The summed E-state index contributed by atoms with van der Waals surface area (Å²) in [5, 5.41) is 13.3. The van der Waals surface area contributed by atoms with Crippen LogP contribution in [0.25, 0.3) is 0 Å². The van der Waals surface area contributed by atoms with Crippen LogP contribution in [0.3, 0.4) is 0 Å². The zero-order valence-electron chi connectivity index (χ0n) is 12.4. The van der Waals surface area contributed by atoms with Crippen molar-refractivity contribution >= 4 is 31.6 Å². The average Bonchev–Trinajstić information content (AvgIpc) is 3.06. The monoisotopic (exact) mass is 381 g/mol. The lowest BCUT2D eigenvalue weighted by molar-refractivity contribution is -0.145. The minimum atomic E-state index is -4.91. The first kappa shape index (κ1) is 17.7. The molecule has 138 valence electrons. The van der Waals surface area contributed by atoms with Gasteiger partial charge in [-0.25, -0.2) is 14.4 Å². The Morgan fingerprint density at radius 3 is 2.68 bits per heavy atom. The summed E-state index contributed by atoms with van der Waals surface area (Å²) in [6.45, 7) is -0.685. The molecular weight excluding hydrogens is 367 g/mol. The highest BCUT2D eigenvalue weighted by molar-refractivity contribution is 7.46. The summed E-state index contributed by atoms with van der Waals surface area (Å²) in [6, 6.07) is -1.02. The van der Waals surface area contributed by atoms with Gasteiger partial charge in [-0.3, -0.25) is 29.6 Å². The zero-order valence-corrected chi connectivity index (χ0v) is 13.3. The number of imide groups is 1. The number of aliphatic imine (C=N–C) groups is 1. The molecule has 0 aliphatic carbocycles. The van der Waals surface area contributed by atoms with Crippen LogP contribution in [0.2, 0.25) is 0 Å². The van der Waals surface area contributed by atoms with Gasteiger partial charge in [-0.2, -0.15) is 0 Å². The van der Waals surface area contributed by atoms with E-state index < -0.39 is 56.4 Å². The number of hydrogen-bond acceptors (Lipinski definition) is 9. The number of hydrogen-bond donors (Lipinski definition) is 6. The molecule has 14 nitrogen and oxygen atoms in total. The first-order valence-electron chi connectivity index (χ1n) is 6.90. The fraction of sp³-hybridized carbons (Fsp3) is 0.600. The third-order valence-electron chi connectivity index (χ3n) is 3.87. The van der Waals surface area contributed by atoms with Crippen molar-refractivity contribution in [2.45, 2.75) is 30.5 Å². The van der Waals surface area contributed by atoms with E-state index in [-0.39, 0.29) is 12.4 Å². The van der Waals surface area contributed by atoms with Gasteiger partial charge >= 0.3 is 19.5 Å². The number of nitrogens with two attached hydrogens (primary N) is 1. The number of guanidine groups is 1. The molecule has 3 heterocycles. The fourth-order valence-electron chi connectivity index (χ4n) is 2.92. The van der Waals surface area contributed by atoms with Crippen molar-refractivity contribution in [1.29, 1.82) is 0 Å². The molecule has 1 unspecified atom stereocenters. The van der Waals surface area contributed by atoms with E-state index in [0.29, 0.717) is 4.90 Å². The number of ether oxygens (including phenoxy) is 1. The second-order valence-electron chi connectivity index (χ2n) is 5.43. The van der Waals surface area contributed by atoms with E-state index in [4.69, 9.17) is 20.3 Å². The molecule has 3 rings (SSSR count). The molecule has 0 bridgehead atoms. The van der Waals surface area contributed by atoms with Crippen molar-refractivity contribution in [2.75, 3.05) is 6.61 Å². The predicted octanol–water partition coefficient (Wildman–Crippen LogP) is -3.74. The number of carbonyl (C=O) groups is 3. The highest BCUT2D eigenvalue weighted by Gasteiger charge is 2.65. The first-order valence-corrected chi connectivity index (χ1v) is 8.43. The van der Waals surface area contributed by atoms with E-state index in [9.17, 15) is 24.1 Å². The van der Waals surface area contributed by atoms with Crippen LogP contribution in [-0.4, -0.2) is 74.3 Å². The van der Waals surface area contributed by atoms with Crippen molar-refractivity contribution in [1.82, 2.24) is 15.5 Å². The van der Waals surface area contributed by atoms with Crippen LogP contribution < -0.4 is 16.4 Å². The highest BCUT2D eigenvalue weighted by atomic mass is 31.2. The molecule has 4 amide bonds. The maximum Gasteiger partial charge on any atom is 0.469 e. The molecule has 0 aromatic carbocycles. The molecule has 2 saturated heterocycles. The van der Waals surface area contributed by atoms with Gasteiger partial charge in [-0.1, -0.05) is 0 Å². The van der Waals surface area contributed by atoms with E-state index in [0.717, 1.165) is 0 Å². The largest absolute Gasteiger partial charge is 0.469 e. The van der Waals surface area contributed by atoms with Gasteiger partial charge in [0.25, 0.3) is 11.8 Å². The van der Waals surface area contributed by atoms with Crippen molar-refractivity contribution in [3.8, 4) is 0 Å². The molecule has 25 heavy (non-hydrogen) atoms. The Balaban J connectivity index is 1.92. The van der Waals surface area contributed by atoms with E-state index in [1.807, 2.05) is 5.32 Å². The normalized spacial score (nSPS) is 35.3. The molecule has 3 aliphatic heterocycles. The molecule has 2 fully saturated rings. The van der Waals surface area contributed by atoms with Crippen LogP contribution in [0.1, 0.15) is 6.42 Å². The van der Waals surface area contributed by atoms with E-state index in [2.05, 4.69) is 14.8 Å². The standard InChI is InChI=1S/C10H14N5O9P/c11-8-12-6(17)10(14-8)7(18)13-9(19)15(10)5-1-3(4(2-16)23-5)24-25(20,21)22/h3-5,16H,1-2H2,(H,13,18,19)(H2,20,21,22)(H3,11,12,14,17)/t3-,4+,5+,10?/m0/s1/i18+2. The summed E-state index contributed by atoms with van der Waals surface area (Å²) >= 11 is 0. The Labute approximate surface area is 139 Å². The third-order valence-corrected chi connectivity index (χ3v) is 4.41. The number of phosphoric acid groups is 1. The first-order chi connectivity index (χ1) is 11.6. The number of urea groups is 1. The lowest BCUT2D eigenvalue weighted by atomic mass is 10.1. The van der Waals surface area contributed by atoms with Crippen LogP contribution in [0.15, 0.2) is 4.99 Å². The maximum absolute atomic E-state index is 12.2. The van der Waals surface area contributed by atoms with Crippen LogP contribution in [0.4, 0.5) is 4.79 Å². The molecule has 4 atom stereocenters. The van der Waals surface area contributed by atoms with Crippen molar-refractivity contribution < 1.29 is 43.1 Å². The minimum Gasteiger partial charge on any atom is -0.394 e. The molecule has 7 N–H and O–H groups in total. The Kier molecular flexibility index (Phi) is 4.06. The summed E-state index contributed by atoms with van der Waals surface area (Å²) in [6.07, 6.45) is -4.16. The molecule has 1 spiro atoms. The lowest BCUT2D eigenvalue weighted by Crippen LogP contribution is -2.58. The van der Waals surface area contributed by atoms with Crippen LogP contribution in [-0.2, 0) is 23.4 Å². The fourth-order valence-corrected chi connectivity index (χ4v) is 3.50. The lowest BCUT2D eigenvalue weighted by Gasteiger charge is -2.30. The second kappa shape index (κ2) is 5.72. The molecule has 3 aliphatic rings. The van der Waals surface area contributed by atoms with Crippen LogP contribution in [0, 0.1) is 0 Å². The van der Waals surface area contributed by atoms with Crippen LogP contribution >= 0.6 is 7.82 Å². The van der Waals surface area contributed by atoms with E-state index >= 15 is 0 Å². The molecule has 0 aromatic heterocycles. The summed E-state index contributed by atoms with van der Waals surface area (Å²) in [7, 11) is -4.91. The summed E-state index contributed by atoms with van der Waals surface area (Å²) in [5.74, 6) is -2.43. The summed E-state index contributed by atoms with van der Waals surface area (Å²) < 4.78 is 20.9. The van der Waals surface area contributed by atoms with Gasteiger partial charge in [0.05, 0.1) is 6.61 Å². The number of nitrogens with zero attached hydrogens (tertiary/aromatic N) is 2. The topological polar surface area (TPSA) is 213 Å². The van der Waals surface area contributed by atoms with E-state index in [1.54, 1.807) is 0 Å². The van der Waals surface area contributed by atoms with Crippen molar-refractivity contribution in [2.24, 2.45) is 10.7 Å². The molecule has 0 radical (unpaired) electrons. The number of aliphatic hydroxyl groups excluding tert-OH is 1. The molecule has 15 heteroatoms. The number of nitrogens with one attached hydrogen (secondary N) is 2. The third kappa shape index (κ3) is 2.78. The summed E-state index contributed by atoms with van der Waals surface area (Å²) in [4.78, 5) is 58.6. The second-order valence-corrected chi connectivity index (χ2v) is 6.63. The van der Waals surface area contributed by atoms with Gasteiger partial charge < -0.3 is 25.4 Å².